The first-order chi connectivity index (χ1) is 6.76. The summed E-state index contributed by atoms with van der Waals surface area (Å²) < 4.78 is 4.90. The first kappa shape index (κ1) is 10.7. The van der Waals surface area contributed by atoms with Crippen LogP contribution in [-0.4, -0.2) is 28.9 Å². The van der Waals surface area contributed by atoms with E-state index >= 15 is 0 Å². The Morgan fingerprint density at radius 3 is 3.07 bits per heavy atom. The van der Waals surface area contributed by atoms with Gasteiger partial charge in [-0.05, 0) is 0 Å². The number of rotatable bonds is 4. The van der Waals surface area contributed by atoms with Crippen molar-refractivity contribution in [1.29, 1.82) is 0 Å². The number of nitrogens with one attached hydrogen (secondary N) is 1. The molecule has 0 unspecified atom stereocenters. The zero-order valence-electron chi connectivity index (χ0n) is 7.66. The number of carbonyl (C=O) groups is 1. The van der Waals surface area contributed by atoms with Crippen molar-refractivity contribution < 1.29 is 9.53 Å². The molecule has 1 heterocycles. The quantitative estimate of drug-likeness (QED) is 0.736. The molecule has 1 aromatic heterocycles. The lowest BCUT2D eigenvalue weighted by molar-refractivity contribution is -0.118. The van der Waals surface area contributed by atoms with Crippen LogP contribution >= 0.6 is 11.6 Å². The number of methoxy groups -OCH3 is 1. The van der Waals surface area contributed by atoms with Crippen LogP contribution in [0.1, 0.15) is 5.69 Å². The third-order valence-corrected chi connectivity index (χ3v) is 1.74. The molecule has 0 radical (unpaired) electrons. The van der Waals surface area contributed by atoms with Crippen molar-refractivity contribution in [2.75, 3.05) is 13.0 Å². The van der Waals surface area contributed by atoms with E-state index in [1.165, 1.54) is 13.4 Å². The lowest BCUT2D eigenvalue weighted by Crippen LogP contribution is -2.24. The van der Waals surface area contributed by atoms with Gasteiger partial charge in [0.15, 0.2) is 0 Å². The molecule has 1 amide bonds. The van der Waals surface area contributed by atoms with Crippen LogP contribution in [0, 0.1) is 0 Å². The Bertz CT molecular complexity index is 319. The predicted octanol–water partition coefficient (Wildman–Crippen LogP) is 0.340. The number of hydrogen-bond acceptors (Lipinski definition) is 4. The summed E-state index contributed by atoms with van der Waals surface area (Å²) in [5.74, 6) is 0.182. The summed E-state index contributed by atoms with van der Waals surface area (Å²) in [6.07, 6.45) is 1.38. The Labute approximate surface area is 86.5 Å². The highest BCUT2D eigenvalue weighted by molar-refractivity contribution is 6.27. The van der Waals surface area contributed by atoms with E-state index in [2.05, 4.69) is 15.3 Å². The van der Waals surface area contributed by atoms with E-state index in [0.717, 1.165) is 0 Å². The van der Waals surface area contributed by atoms with Gasteiger partial charge in [0, 0.05) is 6.07 Å². The third-order valence-electron chi connectivity index (χ3n) is 1.50. The molecule has 0 aromatic carbocycles. The van der Waals surface area contributed by atoms with Crippen molar-refractivity contribution in [2.24, 2.45) is 0 Å². The fraction of sp³-hybridized carbons (Fsp3) is 0.375. The number of nitrogens with zero attached hydrogens (tertiary/aromatic N) is 2. The van der Waals surface area contributed by atoms with E-state index in [9.17, 15) is 4.79 Å². The maximum atomic E-state index is 10.8. The highest BCUT2D eigenvalue weighted by Gasteiger charge is 2.01. The molecule has 5 nitrogen and oxygen atoms in total. The third kappa shape index (κ3) is 3.18. The van der Waals surface area contributed by atoms with E-state index in [0.29, 0.717) is 18.1 Å². The van der Waals surface area contributed by atoms with Crippen LogP contribution in [0.5, 0.6) is 5.88 Å². The van der Waals surface area contributed by atoms with Crippen molar-refractivity contribution in [2.45, 2.75) is 6.54 Å². The van der Waals surface area contributed by atoms with Gasteiger partial charge < -0.3 is 10.1 Å². The predicted molar refractivity (Wildman–Crippen MR) is 51.2 cm³/mol. The Balaban J connectivity index is 2.54. The van der Waals surface area contributed by atoms with Gasteiger partial charge in [-0.15, -0.1) is 11.6 Å². The van der Waals surface area contributed by atoms with Gasteiger partial charge in [-0.1, -0.05) is 0 Å². The summed E-state index contributed by atoms with van der Waals surface area (Å²) in [5, 5.41) is 2.58. The molecule has 0 saturated carbocycles. The van der Waals surface area contributed by atoms with Crippen molar-refractivity contribution in [3.05, 3.63) is 18.1 Å². The summed E-state index contributed by atoms with van der Waals surface area (Å²) in [4.78, 5) is 18.6. The number of carbonyl (C=O) groups excluding carboxylic acids is 1. The second-order valence-corrected chi connectivity index (χ2v) is 2.73. The van der Waals surface area contributed by atoms with E-state index < -0.39 is 0 Å². The zero-order chi connectivity index (χ0) is 10.4. The fourth-order valence-electron chi connectivity index (χ4n) is 0.822. The maximum Gasteiger partial charge on any atom is 0.235 e. The lowest BCUT2D eigenvalue weighted by atomic mass is 10.4. The average molecular weight is 216 g/mol. The molecule has 0 aliphatic carbocycles. The topological polar surface area (TPSA) is 64.1 Å². The molecular weight excluding hydrogens is 206 g/mol. The van der Waals surface area contributed by atoms with E-state index in [-0.39, 0.29) is 11.8 Å². The molecular formula is C8H10ClN3O2. The Hall–Kier alpha value is -1.36. The van der Waals surface area contributed by atoms with Crippen LogP contribution in [0.25, 0.3) is 0 Å². The van der Waals surface area contributed by atoms with Crippen LogP contribution < -0.4 is 10.1 Å². The SMILES string of the molecule is COc1cc(CNC(=O)CCl)ncn1. The minimum absolute atomic E-state index is 0.0534. The molecule has 76 valence electrons. The second kappa shape index (κ2) is 5.39. The standard InChI is InChI=1S/C8H10ClN3O2/c1-14-8-2-6(11-5-12-8)4-10-7(13)3-9/h2,5H,3-4H2,1H3,(H,10,13). The molecule has 1 N–H and O–H groups in total. The van der Waals surface area contributed by atoms with Crippen molar-refractivity contribution in [3.8, 4) is 5.88 Å². The molecule has 0 saturated heterocycles. The minimum atomic E-state index is -0.232. The van der Waals surface area contributed by atoms with Gasteiger partial charge >= 0.3 is 0 Å². The Kier molecular flexibility index (Phi) is 4.12. The largest absolute Gasteiger partial charge is 0.481 e. The molecule has 0 bridgehead atoms. The van der Waals surface area contributed by atoms with Crippen LogP contribution in [0.15, 0.2) is 12.4 Å². The summed E-state index contributed by atoms with van der Waals surface area (Å²) in [5.41, 5.74) is 0.676. The zero-order valence-corrected chi connectivity index (χ0v) is 8.41. The monoisotopic (exact) mass is 215 g/mol. The second-order valence-electron chi connectivity index (χ2n) is 2.46. The van der Waals surface area contributed by atoms with Gasteiger partial charge in [0.25, 0.3) is 0 Å². The fourth-order valence-corrected chi connectivity index (χ4v) is 0.916. The summed E-state index contributed by atoms with van der Waals surface area (Å²) in [6, 6.07) is 1.65. The first-order valence-corrected chi connectivity index (χ1v) is 4.47. The van der Waals surface area contributed by atoms with Crippen LogP contribution in [-0.2, 0) is 11.3 Å². The van der Waals surface area contributed by atoms with E-state index in [4.69, 9.17) is 16.3 Å². The molecule has 0 aliphatic rings. The van der Waals surface area contributed by atoms with Gasteiger partial charge in [0.05, 0.1) is 19.3 Å². The first-order valence-electron chi connectivity index (χ1n) is 3.94. The molecule has 1 rings (SSSR count). The van der Waals surface area contributed by atoms with Crippen molar-refractivity contribution in [3.63, 3.8) is 0 Å². The normalized spacial score (nSPS) is 9.57. The number of aromatic nitrogens is 2. The number of ether oxygens (including phenoxy) is 1. The highest BCUT2D eigenvalue weighted by atomic mass is 35.5. The van der Waals surface area contributed by atoms with Gasteiger partial charge in [-0.2, -0.15) is 0 Å². The lowest BCUT2D eigenvalue weighted by Gasteiger charge is -2.03. The molecule has 1 aromatic rings. The van der Waals surface area contributed by atoms with Gasteiger partial charge in [0.2, 0.25) is 11.8 Å². The summed E-state index contributed by atoms with van der Waals surface area (Å²) in [6.45, 7) is 0.324. The van der Waals surface area contributed by atoms with Crippen LogP contribution in [0.3, 0.4) is 0 Å². The number of hydrogen-bond donors (Lipinski definition) is 1. The van der Waals surface area contributed by atoms with Crippen LogP contribution in [0.2, 0.25) is 0 Å². The molecule has 0 aliphatic heterocycles. The maximum absolute atomic E-state index is 10.8. The van der Waals surface area contributed by atoms with Crippen molar-refractivity contribution >= 4 is 17.5 Å². The summed E-state index contributed by atoms with van der Waals surface area (Å²) in [7, 11) is 1.52. The molecule has 6 heteroatoms. The Morgan fingerprint density at radius 2 is 2.43 bits per heavy atom. The van der Waals surface area contributed by atoms with Gasteiger partial charge in [-0.3, -0.25) is 4.79 Å². The average Bonchev–Trinajstić information content (AvgIpc) is 2.26. The van der Waals surface area contributed by atoms with Crippen LogP contribution in [0.4, 0.5) is 0 Å². The molecule has 0 spiro atoms. The minimum Gasteiger partial charge on any atom is -0.481 e. The number of alkyl halides is 1. The number of amides is 1. The van der Waals surface area contributed by atoms with Gasteiger partial charge in [-0.25, -0.2) is 9.97 Å². The number of halogens is 1. The van der Waals surface area contributed by atoms with Gasteiger partial charge in [0.1, 0.15) is 12.2 Å². The van der Waals surface area contributed by atoms with E-state index in [1.54, 1.807) is 6.07 Å². The molecule has 14 heavy (non-hydrogen) atoms. The molecule has 0 atom stereocenters. The Morgan fingerprint density at radius 1 is 1.64 bits per heavy atom. The van der Waals surface area contributed by atoms with Crippen molar-refractivity contribution in [1.82, 2.24) is 15.3 Å². The summed E-state index contributed by atoms with van der Waals surface area (Å²) >= 11 is 5.31. The molecule has 0 fully saturated rings. The highest BCUT2D eigenvalue weighted by Crippen LogP contribution is 2.04. The smallest absolute Gasteiger partial charge is 0.235 e. The van der Waals surface area contributed by atoms with E-state index in [1.807, 2.05) is 0 Å².